The minimum absolute atomic E-state index is 0. The number of alkyl halides is 1. The van der Waals surface area contributed by atoms with Crippen LogP contribution in [0.2, 0.25) is 0 Å². The summed E-state index contributed by atoms with van der Waals surface area (Å²) >= 11 is 0. The Hall–Kier alpha value is -0.460. The molecule has 4 aliphatic rings. The molecular weight excluding hydrogens is 466 g/mol. The summed E-state index contributed by atoms with van der Waals surface area (Å²) in [6.07, 6.45) is 3.06. The Balaban J connectivity index is 0.00000306. The first kappa shape index (κ1) is 27.1. The van der Waals surface area contributed by atoms with Gasteiger partial charge in [0, 0.05) is 16.7 Å². The van der Waals surface area contributed by atoms with E-state index in [9.17, 15) is 32.8 Å². The molecule has 0 amide bonds. The smallest absolute Gasteiger partial charge is 0.725 e. The third kappa shape index (κ3) is 3.43. The Labute approximate surface area is 214 Å². The Bertz CT molecular complexity index is 1040. The third-order valence-electron chi connectivity index (χ3n) is 8.97. The van der Waals surface area contributed by atoms with Crippen molar-refractivity contribution in [1.29, 1.82) is 0 Å². The van der Waals surface area contributed by atoms with Crippen molar-refractivity contribution in [3.05, 3.63) is 23.8 Å². The van der Waals surface area contributed by atoms with Gasteiger partial charge in [-0.05, 0) is 56.6 Å². The third-order valence-corrected chi connectivity index (χ3v) is 9.44. The number of ketones is 2. The van der Waals surface area contributed by atoms with E-state index >= 15 is 4.39 Å². The average Bonchev–Trinajstić information content (AvgIpc) is 2.90. The summed E-state index contributed by atoms with van der Waals surface area (Å²) in [6, 6.07) is 0. The number of allylic oxidation sites excluding steroid dienone is 4. The maximum absolute atomic E-state index is 17.1. The largest absolute Gasteiger partial charge is 1.00 e. The quantitative estimate of drug-likeness (QED) is 0.270. The van der Waals surface area contributed by atoms with Gasteiger partial charge in [0.2, 0.25) is 10.4 Å². The van der Waals surface area contributed by atoms with Crippen molar-refractivity contribution < 1.29 is 70.9 Å². The summed E-state index contributed by atoms with van der Waals surface area (Å²) in [7, 11) is -5.36. The van der Waals surface area contributed by atoms with Gasteiger partial charge in [0.25, 0.3) is 0 Å². The van der Waals surface area contributed by atoms with Crippen LogP contribution in [0.5, 0.6) is 0 Å². The minimum Gasteiger partial charge on any atom is -0.725 e. The Morgan fingerprint density at radius 1 is 1.33 bits per heavy atom. The van der Waals surface area contributed by atoms with Crippen molar-refractivity contribution in [3.8, 4) is 0 Å². The van der Waals surface area contributed by atoms with E-state index < -0.39 is 68.7 Å². The Morgan fingerprint density at radius 2 is 1.97 bits per heavy atom. The molecule has 0 aromatic rings. The second-order valence-electron chi connectivity index (χ2n) is 10.2. The molecule has 0 spiro atoms. The average molecular weight is 495 g/mol. The minimum atomic E-state index is -5.36. The van der Waals surface area contributed by atoms with E-state index in [0.717, 1.165) is 0 Å². The van der Waals surface area contributed by atoms with Crippen molar-refractivity contribution in [1.82, 2.24) is 0 Å². The zero-order chi connectivity index (χ0) is 23.9. The molecule has 33 heavy (non-hydrogen) atoms. The van der Waals surface area contributed by atoms with Crippen LogP contribution in [0.4, 0.5) is 4.39 Å². The number of hydrogen-bond acceptors (Lipinski definition) is 8. The molecule has 4 aliphatic carbocycles. The van der Waals surface area contributed by atoms with Gasteiger partial charge in [-0.2, -0.15) is 0 Å². The summed E-state index contributed by atoms with van der Waals surface area (Å²) in [5, 5.41) is 20.9. The summed E-state index contributed by atoms with van der Waals surface area (Å²) in [4.78, 5) is 24.8. The number of carbonyl (C=O) groups is 2. The number of fused-ring (bicyclic) bond motifs is 5. The maximum Gasteiger partial charge on any atom is 1.00 e. The van der Waals surface area contributed by atoms with Crippen LogP contribution < -0.4 is 29.6 Å². The van der Waals surface area contributed by atoms with Crippen LogP contribution in [-0.4, -0.2) is 58.7 Å². The molecule has 0 radical (unpaired) electrons. The molecule has 2 unspecified atom stereocenters. The van der Waals surface area contributed by atoms with Gasteiger partial charge < -0.3 is 14.8 Å². The molecule has 0 heterocycles. The molecule has 3 saturated carbocycles. The first-order valence-corrected chi connectivity index (χ1v) is 12.1. The number of aliphatic hydroxyl groups excluding tert-OH is 2. The molecule has 8 nitrogen and oxygen atoms in total. The van der Waals surface area contributed by atoms with Gasteiger partial charge in [0.05, 0.1) is 6.10 Å². The number of rotatable bonds is 4. The number of halogens is 1. The molecule has 0 saturated heterocycles. The fraction of sp³-hybridized carbons (Fsp3) is 0.727. The molecule has 0 aromatic carbocycles. The summed E-state index contributed by atoms with van der Waals surface area (Å²) in [5.41, 5.74) is -6.44. The normalized spacial score (nSPS) is 46.5. The molecule has 11 heteroatoms. The van der Waals surface area contributed by atoms with Crippen molar-refractivity contribution in [2.24, 2.45) is 28.6 Å². The maximum atomic E-state index is 17.1. The predicted octanol–water partition coefficient (Wildman–Crippen LogP) is -1.62. The van der Waals surface area contributed by atoms with Gasteiger partial charge in [0.15, 0.2) is 22.8 Å². The Kier molecular flexibility index (Phi) is 6.82. The number of Topliss-reactive ketones (excluding diaryl/α,β-unsaturated/α-hetero) is 1. The standard InChI is InChI=1S/C22H29FO8S.Na/c1-12-8-16-15-5-4-13-9-14(25)6-7-19(13,2)21(15,23)17(26)10-20(16,3)22(12,18(27)11-24)31-32(28,29)30;/h6-7,9,12,15-17,24,26H,4-5,8,10-11H2,1-3H3,(H,28,29,30);/q;+1/p-1/t12-,15?,16?,17+,19+,20+,21+,22+;/m1./s1. The predicted molar refractivity (Wildman–Crippen MR) is 109 cm³/mol. The van der Waals surface area contributed by atoms with Gasteiger partial charge in [-0.1, -0.05) is 25.5 Å². The molecular formula is C22H28FNaO8S. The SMILES string of the molecule is C[C@@H]1CC2C3CCC4=CC(=O)C=C[C@]4(C)[C@@]3(F)[C@@H](O)C[C@]2(C)[C@@]1(OS(=O)(=O)[O-])C(=O)CO.[Na+]. The van der Waals surface area contributed by atoms with Gasteiger partial charge in [-0.3, -0.25) is 13.8 Å². The van der Waals surface area contributed by atoms with E-state index in [1.807, 2.05) is 0 Å². The summed E-state index contributed by atoms with van der Waals surface area (Å²) < 4.78 is 57.0. The molecule has 0 aromatic heterocycles. The van der Waals surface area contributed by atoms with Crippen LogP contribution in [0.15, 0.2) is 23.8 Å². The zero-order valence-corrected chi connectivity index (χ0v) is 22.0. The van der Waals surface area contributed by atoms with Crippen LogP contribution >= 0.6 is 0 Å². The molecule has 3 fully saturated rings. The topological polar surface area (TPSA) is 141 Å². The van der Waals surface area contributed by atoms with E-state index in [4.69, 9.17) is 4.18 Å². The van der Waals surface area contributed by atoms with E-state index in [2.05, 4.69) is 0 Å². The molecule has 8 atom stereocenters. The molecule has 0 aliphatic heterocycles. The second kappa shape index (κ2) is 8.30. The monoisotopic (exact) mass is 494 g/mol. The zero-order valence-electron chi connectivity index (χ0n) is 19.2. The van der Waals surface area contributed by atoms with E-state index in [1.54, 1.807) is 13.8 Å². The van der Waals surface area contributed by atoms with Crippen molar-refractivity contribution >= 4 is 22.0 Å². The van der Waals surface area contributed by atoms with Crippen LogP contribution in [0.1, 0.15) is 46.5 Å². The van der Waals surface area contributed by atoms with Crippen LogP contribution in [0, 0.1) is 28.6 Å². The van der Waals surface area contributed by atoms with Crippen LogP contribution in [0.3, 0.4) is 0 Å². The molecule has 178 valence electrons. The van der Waals surface area contributed by atoms with E-state index in [1.165, 1.54) is 25.2 Å². The second-order valence-corrected chi connectivity index (χ2v) is 11.2. The van der Waals surface area contributed by atoms with Crippen molar-refractivity contribution in [2.75, 3.05) is 6.61 Å². The van der Waals surface area contributed by atoms with Crippen molar-refractivity contribution in [2.45, 2.75) is 63.8 Å². The van der Waals surface area contributed by atoms with Gasteiger partial charge in [-0.25, -0.2) is 12.8 Å². The van der Waals surface area contributed by atoms with Gasteiger partial charge >= 0.3 is 29.6 Å². The summed E-state index contributed by atoms with van der Waals surface area (Å²) in [6.45, 7) is 3.67. The van der Waals surface area contributed by atoms with Gasteiger partial charge in [-0.15, -0.1) is 0 Å². The first-order valence-electron chi connectivity index (χ1n) is 10.8. The van der Waals surface area contributed by atoms with E-state index in [-0.39, 0.29) is 54.6 Å². The fourth-order valence-corrected chi connectivity index (χ4v) is 8.40. The molecule has 2 N–H and O–H groups in total. The number of aliphatic hydroxyl groups is 2. The van der Waals surface area contributed by atoms with Crippen LogP contribution in [-0.2, 0) is 24.2 Å². The Morgan fingerprint density at radius 3 is 2.55 bits per heavy atom. The summed E-state index contributed by atoms with van der Waals surface area (Å²) in [5.74, 6) is -3.43. The van der Waals surface area contributed by atoms with Crippen molar-refractivity contribution in [3.63, 3.8) is 0 Å². The first-order chi connectivity index (χ1) is 14.7. The fourth-order valence-electron chi connectivity index (χ4n) is 7.63. The van der Waals surface area contributed by atoms with Crippen LogP contribution in [0.25, 0.3) is 0 Å². The van der Waals surface area contributed by atoms with E-state index in [0.29, 0.717) is 12.0 Å². The van der Waals surface area contributed by atoms with Gasteiger partial charge in [0.1, 0.15) is 6.61 Å². The molecule has 0 bridgehead atoms. The molecule has 4 rings (SSSR count). The number of carbonyl (C=O) groups excluding carboxylic acids is 2. The number of hydrogen-bond donors (Lipinski definition) is 2.